The van der Waals surface area contributed by atoms with Crippen LogP contribution in [0.5, 0.6) is 0 Å². The van der Waals surface area contributed by atoms with Crippen molar-refractivity contribution >= 4 is 23.6 Å². The zero-order valence-electron chi connectivity index (χ0n) is 18.7. The average molecular weight is 462 g/mol. The third-order valence-electron chi connectivity index (χ3n) is 6.26. The molecule has 1 N–H and O–H groups in total. The highest BCUT2D eigenvalue weighted by molar-refractivity contribution is 7.98. The van der Waals surface area contributed by atoms with E-state index in [1.165, 1.54) is 12.8 Å². The molecule has 2 aliphatic rings. The molecule has 33 heavy (non-hydrogen) atoms. The van der Waals surface area contributed by atoms with Crippen LogP contribution in [0.2, 0.25) is 0 Å². The van der Waals surface area contributed by atoms with Crippen LogP contribution >= 0.6 is 11.8 Å². The Morgan fingerprint density at radius 1 is 1.15 bits per heavy atom. The van der Waals surface area contributed by atoms with E-state index in [-0.39, 0.29) is 11.8 Å². The number of pyridine rings is 1. The summed E-state index contributed by atoms with van der Waals surface area (Å²) < 4.78 is 2.01. The van der Waals surface area contributed by atoms with Gasteiger partial charge >= 0.3 is 0 Å². The summed E-state index contributed by atoms with van der Waals surface area (Å²) >= 11 is 1.57. The number of hydrogen-bond donors (Lipinski definition) is 1. The Hall–Kier alpha value is -3.13. The number of thioether (sulfide) groups is 1. The van der Waals surface area contributed by atoms with E-state index >= 15 is 0 Å². The molecule has 3 heterocycles. The molecular formula is C25H27N5O2S. The minimum Gasteiger partial charge on any atom is -0.345 e. The van der Waals surface area contributed by atoms with Crippen LogP contribution in [0.1, 0.15) is 50.6 Å². The minimum atomic E-state index is -0.217. The summed E-state index contributed by atoms with van der Waals surface area (Å²) in [5.74, 6) is 0.428. The fourth-order valence-electron chi connectivity index (χ4n) is 4.29. The molecule has 0 saturated heterocycles. The van der Waals surface area contributed by atoms with E-state index in [0.717, 1.165) is 28.4 Å². The van der Waals surface area contributed by atoms with Gasteiger partial charge in [0, 0.05) is 41.9 Å². The van der Waals surface area contributed by atoms with Crippen LogP contribution in [0.15, 0.2) is 53.6 Å². The van der Waals surface area contributed by atoms with Gasteiger partial charge in [0.05, 0.1) is 24.3 Å². The molecule has 0 unspecified atom stereocenters. The predicted octanol–water partition coefficient (Wildman–Crippen LogP) is 3.54. The van der Waals surface area contributed by atoms with Crippen LogP contribution in [0, 0.1) is 5.92 Å². The van der Waals surface area contributed by atoms with Gasteiger partial charge in [-0.1, -0.05) is 18.2 Å². The number of carbonyl (C=O) groups excluding carboxylic acids is 2. The maximum absolute atomic E-state index is 13.4. The van der Waals surface area contributed by atoms with Crippen LogP contribution in [0.3, 0.4) is 0 Å². The maximum Gasteiger partial charge on any atom is 0.272 e. The lowest BCUT2D eigenvalue weighted by Crippen LogP contribution is -2.37. The molecule has 0 bridgehead atoms. The van der Waals surface area contributed by atoms with Gasteiger partial charge < -0.3 is 10.2 Å². The first kappa shape index (κ1) is 21.7. The van der Waals surface area contributed by atoms with Gasteiger partial charge in [-0.05, 0) is 49.3 Å². The average Bonchev–Trinajstić information content (AvgIpc) is 3.62. The van der Waals surface area contributed by atoms with E-state index < -0.39 is 0 Å². The summed E-state index contributed by atoms with van der Waals surface area (Å²) in [6, 6.07) is 13.3. The standard InChI is InChI=1S/C25H27N5O2S/c1-33-22-8-3-2-7-19(22)25(32)29-13-11-21-20(16-29)23(28-30(21)15-17-9-10-17)24(31)27-14-18-6-4-5-12-26-18/h2-8,12,17H,9-11,13-16H2,1H3,(H,27,31). The number of nitrogens with zero attached hydrogens (tertiary/aromatic N) is 4. The molecule has 0 atom stereocenters. The second-order valence-electron chi connectivity index (χ2n) is 8.58. The van der Waals surface area contributed by atoms with E-state index in [2.05, 4.69) is 10.3 Å². The molecule has 1 fully saturated rings. The molecule has 1 saturated carbocycles. The summed E-state index contributed by atoms with van der Waals surface area (Å²) in [6.45, 7) is 2.21. The largest absolute Gasteiger partial charge is 0.345 e. The Morgan fingerprint density at radius 3 is 2.73 bits per heavy atom. The Labute approximate surface area is 197 Å². The zero-order chi connectivity index (χ0) is 22.8. The molecule has 7 nitrogen and oxygen atoms in total. The predicted molar refractivity (Wildman–Crippen MR) is 127 cm³/mol. The van der Waals surface area contributed by atoms with Crippen molar-refractivity contribution in [3.63, 3.8) is 0 Å². The molecule has 2 amide bonds. The third-order valence-corrected chi connectivity index (χ3v) is 7.05. The Morgan fingerprint density at radius 2 is 1.97 bits per heavy atom. The number of nitrogens with one attached hydrogen (secondary N) is 1. The van der Waals surface area contributed by atoms with Gasteiger partial charge in [0.2, 0.25) is 0 Å². The lowest BCUT2D eigenvalue weighted by molar-refractivity contribution is 0.0727. The van der Waals surface area contributed by atoms with Crippen molar-refractivity contribution in [2.24, 2.45) is 5.92 Å². The van der Waals surface area contributed by atoms with Crippen LogP contribution in [0.25, 0.3) is 0 Å². The monoisotopic (exact) mass is 461 g/mol. The van der Waals surface area contributed by atoms with Gasteiger partial charge in [-0.25, -0.2) is 0 Å². The van der Waals surface area contributed by atoms with Crippen LogP contribution in [-0.2, 0) is 26.1 Å². The Bertz CT molecular complexity index is 1170. The van der Waals surface area contributed by atoms with Crippen molar-refractivity contribution in [2.75, 3.05) is 12.8 Å². The molecule has 3 aromatic rings. The molecule has 0 spiro atoms. The summed E-state index contributed by atoms with van der Waals surface area (Å²) in [5, 5.41) is 7.68. The summed E-state index contributed by atoms with van der Waals surface area (Å²) in [4.78, 5) is 33.6. The topological polar surface area (TPSA) is 80.1 Å². The van der Waals surface area contributed by atoms with Crippen molar-refractivity contribution in [2.45, 2.75) is 43.8 Å². The second-order valence-corrected chi connectivity index (χ2v) is 9.43. The Balaban J connectivity index is 1.40. The van der Waals surface area contributed by atoms with E-state index in [0.29, 0.717) is 43.2 Å². The smallest absolute Gasteiger partial charge is 0.272 e. The first-order valence-electron chi connectivity index (χ1n) is 11.3. The number of fused-ring (bicyclic) bond motifs is 1. The quantitative estimate of drug-likeness (QED) is 0.545. The van der Waals surface area contributed by atoms with Gasteiger partial charge in [-0.3, -0.25) is 19.3 Å². The lowest BCUT2D eigenvalue weighted by Gasteiger charge is -2.28. The Kier molecular flexibility index (Phi) is 6.17. The summed E-state index contributed by atoms with van der Waals surface area (Å²) in [5.41, 5.74) is 3.89. The molecule has 8 heteroatoms. The highest BCUT2D eigenvalue weighted by Crippen LogP contribution is 2.33. The van der Waals surface area contributed by atoms with Crippen molar-refractivity contribution in [3.05, 3.63) is 76.9 Å². The first-order valence-corrected chi connectivity index (χ1v) is 12.6. The molecule has 5 rings (SSSR count). The molecule has 1 aliphatic heterocycles. The number of benzene rings is 1. The second kappa shape index (κ2) is 9.39. The van der Waals surface area contributed by atoms with Gasteiger partial charge in [-0.2, -0.15) is 5.10 Å². The SMILES string of the molecule is CSc1ccccc1C(=O)N1CCc2c(c(C(=O)NCc3ccccn3)nn2CC2CC2)C1. The van der Waals surface area contributed by atoms with Gasteiger partial charge in [0.1, 0.15) is 0 Å². The summed E-state index contributed by atoms with van der Waals surface area (Å²) in [7, 11) is 0. The summed E-state index contributed by atoms with van der Waals surface area (Å²) in [6.07, 6.45) is 6.82. The third kappa shape index (κ3) is 4.66. The fourth-order valence-corrected chi connectivity index (χ4v) is 4.88. The van der Waals surface area contributed by atoms with Gasteiger partial charge in [0.15, 0.2) is 5.69 Å². The van der Waals surface area contributed by atoms with E-state index in [4.69, 9.17) is 5.10 Å². The van der Waals surface area contributed by atoms with Crippen LogP contribution in [-0.4, -0.2) is 44.3 Å². The van der Waals surface area contributed by atoms with Crippen LogP contribution in [0.4, 0.5) is 0 Å². The lowest BCUT2D eigenvalue weighted by atomic mass is 10.0. The van der Waals surface area contributed by atoms with E-state index in [9.17, 15) is 9.59 Å². The highest BCUT2D eigenvalue weighted by Gasteiger charge is 2.33. The highest BCUT2D eigenvalue weighted by atomic mass is 32.2. The number of aromatic nitrogens is 3. The number of hydrogen-bond acceptors (Lipinski definition) is 5. The molecular weight excluding hydrogens is 434 g/mol. The van der Waals surface area contributed by atoms with E-state index in [1.807, 2.05) is 58.3 Å². The van der Waals surface area contributed by atoms with Crippen LogP contribution < -0.4 is 5.32 Å². The zero-order valence-corrected chi connectivity index (χ0v) is 19.5. The number of carbonyl (C=O) groups is 2. The van der Waals surface area contributed by atoms with Crippen molar-refractivity contribution < 1.29 is 9.59 Å². The fraction of sp³-hybridized carbons (Fsp3) is 0.360. The molecule has 1 aliphatic carbocycles. The number of amides is 2. The van der Waals surface area contributed by atoms with E-state index in [1.54, 1.807) is 18.0 Å². The molecule has 0 radical (unpaired) electrons. The maximum atomic E-state index is 13.4. The number of rotatable bonds is 7. The van der Waals surface area contributed by atoms with Gasteiger partial charge in [-0.15, -0.1) is 11.8 Å². The van der Waals surface area contributed by atoms with Gasteiger partial charge in [0.25, 0.3) is 11.8 Å². The van der Waals surface area contributed by atoms with Crippen molar-refractivity contribution in [3.8, 4) is 0 Å². The minimum absolute atomic E-state index is 0.000358. The molecule has 1 aromatic carbocycles. The molecule has 2 aromatic heterocycles. The normalized spacial score (nSPS) is 15.2. The molecule has 170 valence electrons. The first-order chi connectivity index (χ1) is 16.1. The van der Waals surface area contributed by atoms with Crippen molar-refractivity contribution in [1.82, 2.24) is 25.0 Å². The van der Waals surface area contributed by atoms with Crippen molar-refractivity contribution in [1.29, 1.82) is 0 Å².